The Labute approximate surface area is 112 Å². The van der Waals surface area contributed by atoms with Gasteiger partial charge in [0.15, 0.2) is 0 Å². The summed E-state index contributed by atoms with van der Waals surface area (Å²) in [4.78, 5) is 24.8. The van der Waals surface area contributed by atoms with Gasteiger partial charge in [-0.25, -0.2) is 0 Å². The van der Waals surface area contributed by atoms with Crippen LogP contribution in [0.5, 0.6) is 0 Å². The van der Waals surface area contributed by atoms with Gasteiger partial charge < -0.3 is 16.0 Å². The van der Waals surface area contributed by atoms with Crippen LogP contribution < -0.4 is 16.0 Å². The van der Waals surface area contributed by atoms with Crippen molar-refractivity contribution in [3.63, 3.8) is 0 Å². The van der Waals surface area contributed by atoms with E-state index in [0.717, 1.165) is 24.2 Å². The van der Waals surface area contributed by atoms with E-state index in [0.29, 0.717) is 6.42 Å². The molecule has 1 atom stereocenters. The number of amides is 2. The molecule has 1 fully saturated rings. The van der Waals surface area contributed by atoms with Gasteiger partial charge in [-0.05, 0) is 31.0 Å². The second-order valence-electron chi connectivity index (χ2n) is 4.74. The van der Waals surface area contributed by atoms with Gasteiger partial charge in [-0.3, -0.25) is 9.59 Å². The molecule has 1 aliphatic heterocycles. The van der Waals surface area contributed by atoms with E-state index >= 15 is 0 Å². The molecule has 0 bridgehead atoms. The summed E-state index contributed by atoms with van der Waals surface area (Å²) < 4.78 is 0. The highest BCUT2D eigenvalue weighted by Gasteiger charge is 2.22. The Kier molecular flexibility index (Phi) is 4.16. The van der Waals surface area contributed by atoms with Gasteiger partial charge in [0, 0.05) is 18.7 Å². The van der Waals surface area contributed by atoms with Gasteiger partial charge in [0.05, 0.1) is 12.6 Å². The predicted octanol–water partition coefficient (Wildman–Crippen LogP) is 0.949. The van der Waals surface area contributed by atoms with Gasteiger partial charge in [0.25, 0.3) is 0 Å². The normalized spacial score (nSPS) is 16.5. The van der Waals surface area contributed by atoms with Crippen molar-refractivity contribution in [3.8, 4) is 0 Å². The lowest BCUT2D eigenvalue weighted by Crippen LogP contribution is -2.32. The number of hydrogen-bond donors (Lipinski definition) is 2. The van der Waals surface area contributed by atoms with Gasteiger partial charge in [-0.2, -0.15) is 0 Å². The van der Waals surface area contributed by atoms with Gasteiger partial charge in [0.1, 0.15) is 0 Å². The summed E-state index contributed by atoms with van der Waals surface area (Å²) in [6.45, 7) is 2.65. The summed E-state index contributed by atoms with van der Waals surface area (Å²) in [5, 5.41) is 2.81. The van der Waals surface area contributed by atoms with Gasteiger partial charge in [0.2, 0.25) is 11.8 Å². The molecule has 1 aromatic rings. The van der Waals surface area contributed by atoms with Crippen LogP contribution in [-0.2, 0) is 9.59 Å². The average Bonchev–Trinajstić information content (AvgIpc) is 2.85. The lowest BCUT2D eigenvalue weighted by molar-refractivity contribution is -0.120. The summed E-state index contributed by atoms with van der Waals surface area (Å²) in [5.74, 6) is -0.0223. The molecule has 2 rings (SSSR count). The Morgan fingerprint density at radius 3 is 2.95 bits per heavy atom. The van der Waals surface area contributed by atoms with Crippen molar-refractivity contribution >= 4 is 17.5 Å². The van der Waals surface area contributed by atoms with E-state index in [9.17, 15) is 9.59 Å². The molecule has 0 aromatic heterocycles. The number of carbonyl (C=O) groups excluding carboxylic acids is 2. The van der Waals surface area contributed by atoms with E-state index in [1.807, 2.05) is 31.2 Å². The summed E-state index contributed by atoms with van der Waals surface area (Å²) in [5.41, 5.74) is 7.15. The third kappa shape index (κ3) is 3.12. The lowest BCUT2D eigenvalue weighted by Gasteiger charge is -2.19. The Morgan fingerprint density at radius 2 is 2.32 bits per heavy atom. The maximum atomic E-state index is 11.7. The van der Waals surface area contributed by atoms with Gasteiger partial charge in [-0.15, -0.1) is 0 Å². The minimum Gasteiger partial charge on any atom is -0.348 e. The Bertz CT molecular complexity index is 487. The molecule has 19 heavy (non-hydrogen) atoms. The molecule has 3 N–H and O–H groups in total. The van der Waals surface area contributed by atoms with E-state index in [1.54, 1.807) is 4.90 Å². The highest BCUT2D eigenvalue weighted by atomic mass is 16.2. The number of nitrogens with two attached hydrogens (primary N) is 1. The lowest BCUT2D eigenvalue weighted by atomic mass is 10.1. The molecule has 0 radical (unpaired) electrons. The van der Waals surface area contributed by atoms with Crippen molar-refractivity contribution in [3.05, 3.63) is 29.8 Å². The number of anilines is 1. The number of carbonyl (C=O) groups is 2. The molecule has 2 amide bonds. The number of rotatable bonds is 4. The SMILES string of the molecule is CC(NC(=O)CN)c1cccc(N2CCCC2=O)c1. The maximum absolute atomic E-state index is 11.7. The number of nitrogens with one attached hydrogen (secondary N) is 1. The van der Waals surface area contributed by atoms with Gasteiger partial charge >= 0.3 is 0 Å². The van der Waals surface area contributed by atoms with Crippen LogP contribution in [0.25, 0.3) is 0 Å². The van der Waals surface area contributed by atoms with Crippen molar-refractivity contribution in [2.45, 2.75) is 25.8 Å². The van der Waals surface area contributed by atoms with Crippen LogP contribution in [0.15, 0.2) is 24.3 Å². The number of benzene rings is 1. The molecule has 1 unspecified atom stereocenters. The van der Waals surface area contributed by atoms with Crippen molar-refractivity contribution < 1.29 is 9.59 Å². The minimum atomic E-state index is -0.185. The first-order chi connectivity index (χ1) is 9.11. The maximum Gasteiger partial charge on any atom is 0.234 e. The van der Waals surface area contributed by atoms with Crippen LogP contribution >= 0.6 is 0 Å². The molecule has 0 aliphatic carbocycles. The highest BCUT2D eigenvalue weighted by Crippen LogP contribution is 2.24. The third-order valence-corrected chi connectivity index (χ3v) is 3.32. The van der Waals surface area contributed by atoms with E-state index < -0.39 is 0 Å². The molecule has 1 heterocycles. The smallest absolute Gasteiger partial charge is 0.234 e. The molecule has 1 saturated heterocycles. The van der Waals surface area contributed by atoms with Crippen LogP contribution in [0.1, 0.15) is 31.4 Å². The van der Waals surface area contributed by atoms with Crippen LogP contribution in [-0.4, -0.2) is 24.9 Å². The topological polar surface area (TPSA) is 75.4 Å². The monoisotopic (exact) mass is 261 g/mol. The average molecular weight is 261 g/mol. The Morgan fingerprint density at radius 1 is 1.53 bits per heavy atom. The second-order valence-corrected chi connectivity index (χ2v) is 4.74. The molecular weight excluding hydrogens is 242 g/mol. The molecule has 0 saturated carbocycles. The number of nitrogens with zero attached hydrogens (tertiary/aromatic N) is 1. The van der Waals surface area contributed by atoms with Crippen LogP contribution in [0, 0.1) is 0 Å². The van der Waals surface area contributed by atoms with Crippen molar-refractivity contribution in [2.24, 2.45) is 5.73 Å². The third-order valence-electron chi connectivity index (χ3n) is 3.32. The number of hydrogen-bond acceptors (Lipinski definition) is 3. The first-order valence-electron chi connectivity index (χ1n) is 6.51. The zero-order valence-corrected chi connectivity index (χ0v) is 11.1. The van der Waals surface area contributed by atoms with Crippen molar-refractivity contribution in [1.82, 2.24) is 5.32 Å². The second kappa shape index (κ2) is 5.84. The Balaban J connectivity index is 2.14. The van der Waals surface area contributed by atoms with E-state index in [4.69, 9.17) is 5.73 Å². The summed E-state index contributed by atoms with van der Waals surface area (Å²) in [6.07, 6.45) is 1.52. The molecule has 1 aliphatic rings. The van der Waals surface area contributed by atoms with Crippen LogP contribution in [0.2, 0.25) is 0 Å². The molecule has 5 heteroatoms. The van der Waals surface area contributed by atoms with Gasteiger partial charge in [-0.1, -0.05) is 12.1 Å². The van der Waals surface area contributed by atoms with E-state index in [2.05, 4.69) is 5.32 Å². The molecule has 102 valence electrons. The summed E-state index contributed by atoms with van der Waals surface area (Å²) >= 11 is 0. The summed E-state index contributed by atoms with van der Waals surface area (Å²) in [7, 11) is 0. The molecule has 5 nitrogen and oxygen atoms in total. The largest absolute Gasteiger partial charge is 0.348 e. The van der Waals surface area contributed by atoms with Crippen molar-refractivity contribution in [1.29, 1.82) is 0 Å². The predicted molar refractivity (Wildman–Crippen MR) is 73.6 cm³/mol. The fourth-order valence-electron chi connectivity index (χ4n) is 2.27. The van der Waals surface area contributed by atoms with Crippen LogP contribution in [0.4, 0.5) is 5.69 Å². The van der Waals surface area contributed by atoms with Crippen LogP contribution in [0.3, 0.4) is 0 Å². The first kappa shape index (κ1) is 13.5. The summed E-state index contributed by atoms with van der Waals surface area (Å²) in [6, 6.07) is 7.59. The molecule has 0 spiro atoms. The minimum absolute atomic E-state index is 0.0192. The van der Waals surface area contributed by atoms with E-state index in [-0.39, 0.29) is 24.4 Å². The molecule has 1 aromatic carbocycles. The fourth-order valence-corrected chi connectivity index (χ4v) is 2.27. The Hall–Kier alpha value is -1.88. The quantitative estimate of drug-likeness (QED) is 0.847. The first-order valence-corrected chi connectivity index (χ1v) is 6.51. The zero-order chi connectivity index (χ0) is 13.8. The standard InChI is InChI=1S/C14H19N3O2/c1-10(16-13(18)9-15)11-4-2-5-12(8-11)17-7-3-6-14(17)19/h2,4-5,8,10H,3,6-7,9,15H2,1H3,(H,16,18). The highest BCUT2D eigenvalue weighted by molar-refractivity contribution is 5.95. The molecular formula is C14H19N3O2. The zero-order valence-electron chi connectivity index (χ0n) is 11.1. The fraction of sp³-hybridized carbons (Fsp3) is 0.429. The van der Waals surface area contributed by atoms with E-state index in [1.165, 1.54) is 0 Å². The van der Waals surface area contributed by atoms with Crippen molar-refractivity contribution in [2.75, 3.05) is 18.0 Å².